The Morgan fingerprint density at radius 2 is 1.58 bits per heavy atom. The van der Waals surface area contributed by atoms with E-state index < -0.39 is 30.3 Å². The molecule has 0 aromatic carbocycles. The first-order valence-electron chi connectivity index (χ1n) is 8.70. The fourth-order valence-corrected chi connectivity index (χ4v) is 7.63. The average molecular weight is 356 g/mol. The summed E-state index contributed by atoms with van der Waals surface area (Å²) in [6.07, 6.45) is -9.70. The molecule has 0 aromatic heterocycles. The summed E-state index contributed by atoms with van der Waals surface area (Å²) in [6, 6.07) is 0. The minimum Gasteiger partial charge on any atom is -0.374 e. The molecule has 4 rings (SSSR count). The number of halogens is 6. The van der Waals surface area contributed by atoms with Gasteiger partial charge >= 0.3 is 12.4 Å². The summed E-state index contributed by atoms with van der Waals surface area (Å²) in [6.45, 7) is 4.12. The third kappa shape index (κ3) is 1.64. The van der Waals surface area contributed by atoms with Crippen LogP contribution in [0.4, 0.5) is 26.3 Å². The Labute approximate surface area is 136 Å². The van der Waals surface area contributed by atoms with Crippen LogP contribution < -0.4 is 0 Å². The highest BCUT2D eigenvalue weighted by Crippen LogP contribution is 2.91. The molecule has 0 heterocycles. The molecule has 0 amide bonds. The summed E-state index contributed by atoms with van der Waals surface area (Å²) < 4.78 is 78.5. The van der Waals surface area contributed by atoms with Crippen molar-refractivity contribution in [1.82, 2.24) is 0 Å². The molecule has 7 heteroatoms. The summed E-state index contributed by atoms with van der Waals surface area (Å²) in [7, 11) is 0. The maximum atomic E-state index is 13.1. The molecular formula is C17H22F6O. The summed E-state index contributed by atoms with van der Waals surface area (Å²) in [5.41, 5.74) is -5.01. The van der Waals surface area contributed by atoms with Crippen LogP contribution in [0.3, 0.4) is 0 Å². The van der Waals surface area contributed by atoms with Gasteiger partial charge in [0.1, 0.15) is 0 Å². The Bertz CT molecular complexity index is 554. The van der Waals surface area contributed by atoms with Crippen LogP contribution in [0.5, 0.6) is 0 Å². The van der Waals surface area contributed by atoms with Gasteiger partial charge in [-0.3, -0.25) is 0 Å². The van der Waals surface area contributed by atoms with Gasteiger partial charge < -0.3 is 5.11 Å². The number of fused-ring (bicyclic) bond motifs is 1. The monoisotopic (exact) mass is 356 g/mol. The van der Waals surface area contributed by atoms with Gasteiger partial charge in [0, 0.05) is 0 Å². The summed E-state index contributed by atoms with van der Waals surface area (Å²) in [5, 5.41) is 9.63. The van der Waals surface area contributed by atoms with Crippen molar-refractivity contribution in [3.8, 4) is 0 Å². The largest absolute Gasteiger partial charge is 0.426 e. The molecule has 24 heavy (non-hydrogen) atoms. The molecule has 4 saturated carbocycles. The van der Waals surface area contributed by atoms with E-state index in [0.29, 0.717) is 18.3 Å². The predicted octanol–water partition coefficient (Wildman–Crippen LogP) is 4.94. The molecule has 0 saturated heterocycles. The Morgan fingerprint density at radius 3 is 2.04 bits per heavy atom. The average Bonchev–Trinajstić information content (AvgIpc) is 2.77. The molecular weight excluding hydrogens is 334 g/mol. The van der Waals surface area contributed by atoms with Crippen LogP contribution in [0.15, 0.2) is 0 Å². The summed E-state index contributed by atoms with van der Waals surface area (Å²) >= 11 is 0. The highest BCUT2D eigenvalue weighted by atomic mass is 19.4. The van der Waals surface area contributed by atoms with Crippen LogP contribution in [-0.2, 0) is 0 Å². The molecule has 0 radical (unpaired) electrons. The zero-order chi connectivity index (χ0) is 17.9. The highest BCUT2D eigenvalue weighted by molar-refractivity contribution is 5.33. The van der Waals surface area contributed by atoms with Crippen molar-refractivity contribution < 1.29 is 31.4 Å². The number of rotatable bonds is 3. The molecule has 7 unspecified atom stereocenters. The van der Waals surface area contributed by atoms with Crippen molar-refractivity contribution in [2.24, 2.45) is 40.4 Å². The van der Waals surface area contributed by atoms with Gasteiger partial charge in [-0.05, 0) is 66.1 Å². The third-order valence-electron chi connectivity index (χ3n) is 8.06. The predicted molar refractivity (Wildman–Crippen MR) is 73.8 cm³/mol. The number of hydrogen-bond acceptors (Lipinski definition) is 1. The SMILES string of the molecule is CCC1C2C3C(C)CC34CC(CC(O)(C(F)(F)F)C(F)(F)F)C12C4. The second-order valence-corrected chi connectivity index (χ2v) is 8.86. The molecule has 4 aliphatic carbocycles. The second kappa shape index (κ2) is 4.26. The van der Waals surface area contributed by atoms with E-state index in [1.54, 1.807) is 0 Å². The van der Waals surface area contributed by atoms with Crippen LogP contribution >= 0.6 is 0 Å². The number of hydrogen-bond donors (Lipinski definition) is 1. The standard InChI is InChI=1S/C17H22F6O/c1-3-10-12-11-8(2)4-13(11)5-9(14(10,12)7-13)6-15(24,16(18,19)20)17(21,22)23/h8-12,24H,3-7H2,1-2H3. The molecule has 4 aliphatic rings. The topological polar surface area (TPSA) is 20.2 Å². The van der Waals surface area contributed by atoms with Crippen LogP contribution in [0.1, 0.15) is 46.0 Å². The molecule has 1 N–H and O–H groups in total. The van der Waals surface area contributed by atoms with Crippen LogP contribution in [-0.4, -0.2) is 23.1 Å². The smallest absolute Gasteiger partial charge is 0.374 e. The van der Waals surface area contributed by atoms with Gasteiger partial charge in [-0.1, -0.05) is 20.3 Å². The lowest BCUT2D eigenvalue weighted by Crippen LogP contribution is -2.58. The maximum Gasteiger partial charge on any atom is 0.426 e. The van der Waals surface area contributed by atoms with E-state index in [-0.39, 0.29) is 22.7 Å². The minimum absolute atomic E-state index is 0.0431. The summed E-state index contributed by atoms with van der Waals surface area (Å²) in [4.78, 5) is 0. The first kappa shape index (κ1) is 17.0. The van der Waals surface area contributed by atoms with Gasteiger partial charge in [-0.2, -0.15) is 26.3 Å². The van der Waals surface area contributed by atoms with Gasteiger partial charge in [0.25, 0.3) is 5.60 Å². The van der Waals surface area contributed by atoms with Crippen molar-refractivity contribution in [3.63, 3.8) is 0 Å². The van der Waals surface area contributed by atoms with Crippen molar-refractivity contribution in [1.29, 1.82) is 0 Å². The quantitative estimate of drug-likeness (QED) is 0.710. The van der Waals surface area contributed by atoms with E-state index in [1.165, 1.54) is 0 Å². The molecule has 1 nitrogen and oxygen atoms in total. The normalized spacial score (nSPS) is 49.6. The highest BCUT2D eigenvalue weighted by Gasteiger charge is 2.87. The zero-order valence-corrected chi connectivity index (χ0v) is 13.6. The van der Waals surface area contributed by atoms with E-state index >= 15 is 0 Å². The Kier molecular flexibility index (Phi) is 3.01. The van der Waals surface area contributed by atoms with E-state index in [2.05, 4.69) is 6.92 Å². The molecule has 7 atom stereocenters. The third-order valence-corrected chi connectivity index (χ3v) is 8.06. The second-order valence-electron chi connectivity index (χ2n) is 8.86. The van der Waals surface area contributed by atoms with Crippen LogP contribution in [0, 0.1) is 40.4 Å². The molecule has 2 spiro atoms. The molecule has 0 aliphatic heterocycles. The Morgan fingerprint density at radius 1 is 1.00 bits per heavy atom. The van der Waals surface area contributed by atoms with E-state index in [9.17, 15) is 31.4 Å². The van der Waals surface area contributed by atoms with Crippen molar-refractivity contribution >= 4 is 0 Å². The minimum atomic E-state index is -5.69. The molecule has 4 fully saturated rings. The number of alkyl halides is 6. The molecule has 0 aromatic rings. The molecule has 2 bridgehead atoms. The van der Waals surface area contributed by atoms with E-state index in [4.69, 9.17) is 0 Å². The van der Waals surface area contributed by atoms with Crippen molar-refractivity contribution in [3.05, 3.63) is 0 Å². The van der Waals surface area contributed by atoms with Gasteiger partial charge in [0.15, 0.2) is 0 Å². The lowest BCUT2D eigenvalue weighted by molar-refractivity contribution is -0.374. The summed E-state index contributed by atoms with van der Waals surface area (Å²) in [5.74, 6) is 0.832. The van der Waals surface area contributed by atoms with Gasteiger partial charge in [0.05, 0.1) is 0 Å². The molecule has 138 valence electrons. The fourth-order valence-electron chi connectivity index (χ4n) is 7.63. The fraction of sp³-hybridized carbons (Fsp3) is 1.00. The Hall–Kier alpha value is -0.460. The van der Waals surface area contributed by atoms with Gasteiger partial charge in [-0.15, -0.1) is 0 Å². The lowest BCUT2D eigenvalue weighted by Gasteiger charge is -2.53. The maximum absolute atomic E-state index is 13.1. The van der Waals surface area contributed by atoms with Crippen molar-refractivity contribution in [2.75, 3.05) is 0 Å². The first-order valence-corrected chi connectivity index (χ1v) is 8.70. The number of aliphatic hydroxyl groups is 1. The Balaban J connectivity index is 1.65. The van der Waals surface area contributed by atoms with Crippen LogP contribution in [0.25, 0.3) is 0 Å². The van der Waals surface area contributed by atoms with Crippen molar-refractivity contribution in [2.45, 2.75) is 63.9 Å². The van der Waals surface area contributed by atoms with Gasteiger partial charge in [0.2, 0.25) is 0 Å². The van der Waals surface area contributed by atoms with Crippen LogP contribution in [0.2, 0.25) is 0 Å². The van der Waals surface area contributed by atoms with E-state index in [1.807, 2.05) is 6.92 Å². The zero-order valence-electron chi connectivity index (χ0n) is 13.6. The lowest BCUT2D eigenvalue weighted by atomic mass is 9.52. The van der Waals surface area contributed by atoms with Gasteiger partial charge in [-0.25, -0.2) is 0 Å². The first-order chi connectivity index (χ1) is 10.8. The van der Waals surface area contributed by atoms with E-state index in [0.717, 1.165) is 19.3 Å².